The molecule has 0 aromatic heterocycles. The SMILES string of the molecule is O=C(NC(CC(=O)N1CSCC1C(=O)O)C1CCC1)OCC1c2ccccc2-c2ccccc21. The lowest BCUT2D eigenvalue weighted by Gasteiger charge is -2.35. The second-order valence-electron chi connectivity index (χ2n) is 9.19. The Bertz CT molecular complexity index is 1060. The lowest BCUT2D eigenvalue weighted by Crippen LogP contribution is -2.49. The number of carbonyl (C=O) groups is 3. The minimum Gasteiger partial charge on any atom is -0.480 e. The molecule has 7 nitrogen and oxygen atoms in total. The molecule has 2 aromatic carbocycles. The summed E-state index contributed by atoms with van der Waals surface area (Å²) in [5.41, 5.74) is 4.63. The molecule has 3 aliphatic rings. The van der Waals surface area contributed by atoms with E-state index in [1.807, 2.05) is 24.3 Å². The zero-order valence-electron chi connectivity index (χ0n) is 18.8. The van der Waals surface area contributed by atoms with Gasteiger partial charge in [0.15, 0.2) is 0 Å². The molecule has 34 heavy (non-hydrogen) atoms. The van der Waals surface area contributed by atoms with Gasteiger partial charge in [0.05, 0.1) is 5.88 Å². The van der Waals surface area contributed by atoms with E-state index in [1.165, 1.54) is 27.8 Å². The van der Waals surface area contributed by atoms with E-state index in [1.54, 1.807) is 0 Å². The molecule has 2 atom stereocenters. The van der Waals surface area contributed by atoms with Gasteiger partial charge < -0.3 is 20.1 Å². The van der Waals surface area contributed by atoms with Gasteiger partial charge in [-0.2, -0.15) is 0 Å². The molecule has 2 aromatic rings. The van der Waals surface area contributed by atoms with Crippen molar-refractivity contribution >= 4 is 29.7 Å². The van der Waals surface area contributed by atoms with Crippen molar-refractivity contribution in [2.45, 2.75) is 43.7 Å². The molecule has 2 amide bonds. The van der Waals surface area contributed by atoms with Crippen LogP contribution in [0.2, 0.25) is 0 Å². The van der Waals surface area contributed by atoms with Crippen molar-refractivity contribution in [2.24, 2.45) is 5.92 Å². The Labute approximate surface area is 202 Å². The van der Waals surface area contributed by atoms with Crippen molar-refractivity contribution in [1.29, 1.82) is 0 Å². The number of ether oxygens (including phenoxy) is 1. The van der Waals surface area contributed by atoms with E-state index in [0.717, 1.165) is 30.4 Å². The minimum absolute atomic E-state index is 0.0279. The predicted octanol–water partition coefficient (Wildman–Crippen LogP) is 4.07. The fourth-order valence-corrected chi connectivity index (χ4v) is 6.34. The summed E-state index contributed by atoms with van der Waals surface area (Å²) in [6.07, 6.45) is 2.52. The molecule has 0 spiro atoms. The number of fused-ring (bicyclic) bond motifs is 3. The van der Waals surface area contributed by atoms with E-state index in [2.05, 4.69) is 29.6 Å². The summed E-state index contributed by atoms with van der Waals surface area (Å²) in [6.45, 7) is 0.217. The number of hydrogen-bond donors (Lipinski definition) is 2. The molecular formula is C26H28N2O5S. The minimum atomic E-state index is -0.983. The highest BCUT2D eigenvalue weighted by Crippen LogP contribution is 2.44. The number of rotatable bonds is 7. The maximum Gasteiger partial charge on any atom is 0.407 e. The van der Waals surface area contributed by atoms with Crippen molar-refractivity contribution in [2.75, 3.05) is 18.2 Å². The number of carboxylic acid groups (broad SMARTS) is 1. The van der Waals surface area contributed by atoms with E-state index in [4.69, 9.17) is 4.74 Å². The maximum atomic E-state index is 12.9. The second-order valence-corrected chi connectivity index (χ2v) is 10.2. The Morgan fingerprint density at radius 2 is 1.71 bits per heavy atom. The van der Waals surface area contributed by atoms with Crippen molar-refractivity contribution in [3.05, 3.63) is 59.7 Å². The zero-order valence-corrected chi connectivity index (χ0v) is 19.6. The molecular weight excluding hydrogens is 452 g/mol. The van der Waals surface area contributed by atoms with Crippen LogP contribution >= 0.6 is 11.8 Å². The molecule has 2 unspecified atom stereocenters. The van der Waals surface area contributed by atoms with Crippen molar-refractivity contribution < 1.29 is 24.2 Å². The first-order valence-corrected chi connectivity index (χ1v) is 12.9. The number of alkyl carbamates (subject to hydrolysis) is 1. The molecule has 5 rings (SSSR count). The molecule has 0 radical (unpaired) electrons. The van der Waals surface area contributed by atoms with Crippen molar-refractivity contribution in [1.82, 2.24) is 10.2 Å². The third-order valence-corrected chi connectivity index (χ3v) is 8.26. The van der Waals surface area contributed by atoms with Crippen LogP contribution in [0.15, 0.2) is 48.5 Å². The third-order valence-electron chi connectivity index (χ3n) is 7.25. The first-order valence-electron chi connectivity index (χ1n) is 11.7. The van der Waals surface area contributed by atoms with E-state index in [9.17, 15) is 19.5 Å². The smallest absolute Gasteiger partial charge is 0.407 e. The van der Waals surface area contributed by atoms with Crippen LogP contribution < -0.4 is 5.32 Å². The number of carboxylic acids is 1. The standard InChI is InChI=1S/C26H28N2O5S/c29-24(28-15-34-14-23(28)25(30)31)12-22(16-6-5-7-16)27-26(32)33-13-21-19-10-3-1-8-17(19)18-9-2-4-11-20(18)21/h1-4,8-11,16,21-23H,5-7,12-15H2,(H,27,32)(H,30,31). The monoisotopic (exact) mass is 480 g/mol. The number of nitrogens with one attached hydrogen (secondary N) is 1. The molecule has 2 N–H and O–H groups in total. The Morgan fingerprint density at radius 3 is 2.29 bits per heavy atom. The third kappa shape index (κ3) is 4.39. The van der Waals surface area contributed by atoms with E-state index < -0.39 is 18.1 Å². The molecule has 8 heteroatoms. The van der Waals surface area contributed by atoms with Crippen LogP contribution in [0.25, 0.3) is 11.1 Å². The highest BCUT2D eigenvalue weighted by molar-refractivity contribution is 7.99. The fraction of sp³-hybridized carbons (Fsp3) is 0.423. The van der Waals surface area contributed by atoms with Gasteiger partial charge in [0, 0.05) is 24.1 Å². The quantitative estimate of drug-likeness (QED) is 0.620. The van der Waals surface area contributed by atoms with Gasteiger partial charge >= 0.3 is 12.1 Å². The Kier molecular flexibility index (Phi) is 6.50. The Balaban J connectivity index is 1.23. The number of thioether (sulfide) groups is 1. The van der Waals surface area contributed by atoms with Gasteiger partial charge in [-0.25, -0.2) is 9.59 Å². The van der Waals surface area contributed by atoms with Gasteiger partial charge in [-0.3, -0.25) is 4.79 Å². The number of aliphatic carboxylic acids is 1. The van der Waals surface area contributed by atoms with Gasteiger partial charge in [-0.05, 0) is 41.0 Å². The number of nitrogens with zero attached hydrogens (tertiary/aromatic N) is 1. The molecule has 1 heterocycles. The van der Waals surface area contributed by atoms with Crippen LogP contribution in [-0.4, -0.2) is 58.3 Å². The topological polar surface area (TPSA) is 95.9 Å². The van der Waals surface area contributed by atoms with E-state index in [0.29, 0.717) is 11.6 Å². The number of amides is 2. The predicted molar refractivity (Wildman–Crippen MR) is 130 cm³/mol. The van der Waals surface area contributed by atoms with E-state index in [-0.39, 0.29) is 36.8 Å². The van der Waals surface area contributed by atoms with Crippen molar-refractivity contribution in [3.8, 4) is 11.1 Å². The average Bonchev–Trinajstić information content (AvgIpc) is 3.40. The first kappa shape index (κ1) is 22.8. The molecule has 178 valence electrons. The van der Waals surface area contributed by atoms with Gasteiger partial charge in [0.2, 0.25) is 5.91 Å². The van der Waals surface area contributed by atoms with Crippen LogP contribution in [0.5, 0.6) is 0 Å². The molecule has 0 bridgehead atoms. The summed E-state index contributed by atoms with van der Waals surface area (Å²) in [4.78, 5) is 38.6. The summed E-state index contributed by atoms with van der Waals surface area (Å²) in [6, 6.07) is 15.2. The lowest BCUT2D eigenvalue weighted by molar-refractivity contribution is -0.148. The molecule has 2 fully saturated rings. The fourth-order valence-electron chi connectivity index (χ4n) is 5.17. The Hall–Kier alpha value is -3.00. The lowest BCUT2D eigenvalue weighted by atomic mass is 9.78. The maximum absolute atomic E-state index is 12.9. The average molecular weight is 481 g/mol. The first-order chi connectivity index (χ1) is 16.5. The van der Waals surface area contributed by atoms with Crippen LogP contribution in [0.3, 0.4) is 0 Å². The number of hydrogen-bond acceptors (Lipinski definition) is 5. The normalized spacial score (nSPS) is 20.2. The molecule has 1 aliphatic heterocycles. The van der Waals surface area contributed by atoms with Crippen LogP contribution in [0, 0.1) is 5.92 Å². The summed E-state index contributed by atoms with van der Waals surface area (Å²) in [5.74, 6) is -0.258. The summed E-state index contributed by atoms with van der Waals surface area (Å²) in [5, 5.41) is 12.3. The zero-order chi connectivity index (χ0) is 23.7. The van der Waals surface area contributed by atoms with E-state index >= 15 is 0 Å². The molecule has 1 saturated carbocycles. The largest absolute Gasteiger partial charge is 0.480 e. The molecule has 2 aliphatic carbocycles. The number of benzene rings is 2. The van der Waals surface area contributed by atoms with Gasteiger partial charge in [-0.1, -0.05) is 55.0 Å². The summed E-state index contributed by atoms with van der Waals surface area (Å²) < 4.78 is 5.68. The molecule has 1 saturated heterocycles. The van der Waals surface area contributed by atoms with Gasteiger partial charge in [0.25, 0.3) is 0 Å². The van der Waals surface area contributed by atoms with Gasteiger partial charge in [-0.15, -0.1) is 11.8 Å². The van der Waals surface area contributed by atoms with Crippen LogP contribution in [0.4, 0.5) is 4.79 Å². The van der Waals surface area contributed by atoms with Crippen molar-refractivity contribution in [3.63, 3.8) is 0 Å². The van der Waals surface area contributed by atoms with Crippen LogP contribution in [0.1, 0.15) is 42.7 Å². The highest BCUT2D eigenvalue weighted by Gasteiger charge is 2.38. The second kappa shape index (κ2) is 9.70. The summed E-state index contributed by atoms with van der Waals surface area (Å²) in [7, 11) is 0. The Morgan fingerprint density at radius 1 is 1.06 bits per heavy atom. The summed E-state index contributed by atoms with van der Waals surface area (Å²) >= 11 is 1.44. The van der Waals surface area contributed by atoms with Gasteiger partial charge in [0.1, 0.15) is 12.6 Å². The number of carbonyl (C=O) groups excluding carboxylic acids is 2. The highest BCUT2D eigenvalue weighted by atomic mass is 32.2. The van der Waals surface area contributed by atoms with Crippen LogP contribution in [-0.2, 0) is 14.3 Å².